The summed E-state index contributed by atoms with van der Waals surface area (Å²) in [7, 11) is 0. The molecule has 0 fully saturated rings. The summed E-state index contributed by atoms with van der Waals surface area (Å²) in [5.41, 5.74) is 1.76. The van der Waals surface area contributed by atoms with Gasteiger partial charge in [-0.15, -0.1) is 0 Å². The second-order valence-electron chi connectivity index (χ2n) is 3.36. The Kier molecular flexibility index (Phi) is 4.68. The van der Waals surface area contributed by atoms with Crippen molar-refractivity contribution in [3.63, 3.8) is 0 Å². The zero-order chi connectivity index (χ0) is 11.1. The van der Waals surface area contributed by atoms with Gasteiger partial charge in [-0.3, -0.25) is 4.79 Å². The van der Waals surface area contributed by atoms with E-state index in [0.29, 0.717) is 5.56 Å². The highest BCUT2D eigenvalue weighted by Crippen LogP contribution is 2.08. The number of anilines is 1. The molecule has 2 N–H and O–H groups in total. The molecule has 0 spiro atoms. The molecule has 0 atom stereocenters. The van der Waals surface area contributed by atoms with Crippen LogP contribution in [-0.2, 0) is 0 Å². The minimum absolute atomic E-state index is 0.0000940. The van der Waals surface area contributed by atoms with E-state index in [1.54, 1.807) is 0 Å². The molecule has 0 aliphatic heterocycles. The molecule has 0 aliphatic carbocycles. The van der Waals surface area contributed by atoms with Crippen LogP contribution in [0.15, 0.2) is 24.3 Å². The van der Waals surface area contributed by atoms with Gasteiger partial charge >= 0.3 is 0 Å². The number of carbonyl (C=O) groups is 1. The number of carbonyl (C=O) groups excluding carboxylic acids is 1. The summed E-state index contributed by atoms with van der Waals surface area (Å²) in [6, 6.07) is 7.51. The van der Waals surface area contributed by atoms with Crippen LogP contribution in [0.2, 0.25) is 0 Å². The van der Waals surface area contributed by atoms with E-state index in [-0.39, 0.29) is 5.91 Å². The molecule has 0 saturated carbocycles. The lowest BCUT2D eigenvalue weighted by Gasteiger charge is -2.05. The fourth-order valence-corrected chi connectivity index (χ4v) is 1.28. The van der Waals surface area contributed by atoms with Crippen LogP contribution in [0.1, 0.15) is 30.6 Å². The monoisotopic (exact) mass is 206 g/mol. The summed E-state index contributed by atoms with van der Waals surface area (Å²) in [6.07, 6.45) is 0.960. The number of rotatable bonds is 5. The first-order chi connectivity index (χ1) is 7.27. The topological polar surface area (TPSA) is 41.1 Å². The van der Waals surface area contributed by atoms with Crippen molar-refractivity contribution < 1.29 is 4.79 Å². The molecule has 0 aliphatic rings. The zero-order valence-corrected chi connectivity index (χ0v) is 9.34. The van der Waals surface area contributed by atoms with E-state index < -0.39 is 0 Å². The average Bonchev–Trinajstić information content (AvgIpc) is 2.27. The fraction of sp³-hybridized carbons (Fsp3) is 0.417. The van der Waals surface area contributed by atoms with Crippen molar-refractivity contribution in [2.45, 2.75) is 20.3 Å². The SMILES string of the molecule is CCCNC(=O)c1ccc(NCC)cc1. The van der Waals surface area contributed by atoms with E-state index in [1.165, 1.54) is 0 Å². The van der Waals surface area contributed by atoms with Gasteiger partial charge in [-0.05, 0) is 37.6 Å². The van der Waals surface area contributed by atoms with Crippen LogP contribution in [0, 0.1) is 0 Å². The lowest BCUT2D eigenvalue weighted by Crippen LogP contribution is -2.23. The number of benzene rings is 1. The van der Waals surface area contributed by atoms with E-state index >= 15 is 0 Å². The van der Waals surface area contributed by atoms with Gasteiger partial charge in [-0.25, -0.2) is 0 Å². The number of nitrogens with one attached hydrogen (secondary N) is 2. The molecular weight excluding hydrogens is 188 g/mol. The highest BCUT2D eigenvalue weighted by molar-refractivity contribution is 5.94. The minimum atomic E-state index is -0.0000940. The molecule has 0 saturated heterocycles. The standard InChI is InChI=1S/C12H18N2O/c1-3-9-14-12(15)10-5-7-11(8-6-10)13-4-2/h5-8,13H,3-4,9H2,1-2H3,(H,14,15). The summed E-state index contributed by atoms with van der Waals surface area (Å²) in [5, 5.41) is 6.03. The van der Waals surface area contributed by atoms with Gasteiger partial charge in [0.2, 0.25) is 0 Å². The average molecular weight is 206 g/mol. The normalized spacial score (nSPS) is 9.73. The van der Waals surface area contributed by atoms with Crippen molar-refractivity contribution in [2.75, 3.05) is 18.4 Å². The number of amides is 1. The van der Waals surface area contributed by atoms with Gasteiger partial charge in [0.1, 0.15) is 0 Å². The first-order valence-corrected chi connectivity index (χ1v) is 5.40. The summed E-state index contributed by atoms with van der Waals surface area (Å²) in [5.74, 6) is -0.0000940. The minimum Gasteiger partial charge on any atom is -0.385 e. The Hall–Kier alpha value is -1.51. The van der Waals surface area contributed by atoms with Crippen molar-refractivity contribution >= 4 is 11.6 Å². The predicted molar refractivity (Wildman–Crippen MR) is 63.2 cm³/mol. The molecule has 0 unspecified atom stereocenters. The van der Waals surface area contributed by atoms with Crippen molar-refractivity contribution in [1.29, 1.82) is 0 Å². The Morgan fingerprint density at radius 2 is 1.87 bits per heavy atom. The number of hydrogen-bond acceptors (Lipinski definition) is 2. The highest BCUT2D eigenvalue weighted by atomic mass is 16.1. The second kappa shape index (κ2) is 6.06. The molecule has 0 heterocycles. The largest absolute Gasteiger partial charge is 0.385 e. The summed E-state index contributed by atoms with van der Waals surface area (Å²) in [4.78, 5) is 11.5. The molecule has 1 aromatic rings. The Bertz CT molecular complexity index is 306. The Labute approximate surface area is 90.9 Å². The maximum Gasteiger partial charge on any atom is 0.251 e. The maximum absolute atomic E-state index is 11.5. The first-order valence-electron chi connectivity index (χ1n) is 5.40. The molecular formula is C12H18N2O. The van der Waals surface area contributed by atoms with E-state index in [4.69, 9.17) is 0 Å². The van der Waals surface area contributed by atoms with Crippen LogP contribution in [-0.4, -0.2) is 19.0 Å². The first kappa shape index (κ1) is 11.6. The molecule has 0 radical (unpaired) electrons. The molecule has 1 rings (SSSR count). The Morgan fingerprint density at radius 3 is 2.40 bits per heavy atom. The van der Waals surface area contributed by atoms with Gasteiger partial charge in [-0.2, -0.15) is 0 Å². The van der Waals surface area contributed by atoms with Crippen LogP contribution in [0.5, 0.6) is 0 Å². The Balaban J connectivity index is 2.58. The van der Waals surface area contributed by atoms with Gasteiger partial charge in [0.05, 0.1) is 0 Å². The van der Waals surface area contributed by atoms with Gasteiger partial charge in [0.15, 0.2) is 0 Å². The molecule has 15 heavy (non-hydrogen) atoms. The van der Waals surface area contributed by atoms with Crippen molar-refractivity contribution in [1.82, 2.24) is 5.32 Å². The van der Waals surface area contributed by atoms with Gasteiger partial charge < -0.3 is 10.6 Å². The van der Waals surface area contributed by atoms with E-state index in [0.717, 1.165) is 25.2 Å². The predicted octanol–water partition coefficient (Wildman–Crippen LogP) is 2.26. The Morgan fingerprint density at radius 1 is 1.20 bits per heavy atom. The molecule has 0 bridgehead atoms. The van der Waals surface area contributed by atoms with Crippen LogP contribution in [0.4, 0.5) is 5.69 Å². The third-order valence-electron chi connectivity index (χ3n) is 2.06. The van der Waals surface area contributed by atoms with E-state index in [1.807, 2.05) is 38.1 Å². The van der Waals surface area contributed by atoms with E-state index in [2.05, 4.69) is 10.6 Å². The van der Waals surface area contributed by atoms with Crippen LogP contribution in [0.3, 0.4) is 0 Å². The van der Waals surface area contributed by atoms with Crippen LogP contribution in [0.25, 0.3) is 0 Å². The van der Waals surface area contributed by atoms with Crippen molar-refractivity contribution in [3.05, 3.63) is 29.8 Å². The van der Waals surface area contributed by atoms with Crippen molar-refractivity contribution in [2.24, 2.45) is 0 Å². The van der Waals surface area contributed by atoms with Gasteiger partial charge in [-0.1, -0.05) is 6.92 Å². The molecule has 3 nitrogen and oxygen atoms in total. The molecule has 3 heteroatoms. The molecule has 1 aromatic carbocycles. The van der Waals surface area contributed by atoms with Gasteiger partial charge in [0, 0.05) is 24.3 Å². The lowest BCUT2D eigenvalue weighted by atomic mass is 10.2. The molecule has 1 amide bonds. The smallest absolute Gasteiger partial charge is 0.251 e. The maximum atomic E-state index is 11.5. The number of hydrogen-bond donors (Lipinski definition) is 2. The summed E-state index contributed by atoms with van der Waals surface area (Å²) in [6.45, 7) is 5.70. The van der Waals surface area contributed by atoms with Crippen molar-refractivity contribution in [3.8, 4) is 0 Å². The highest BCUT2D eigenvalue weighted by Gasteiger charge is 2.03. The summed E-state index contributed by atoms with van der Waals surface area (Å²) >= 11 is 0. The summed E-state index contributed by atoms with van der Waals surface area (Å²) < 4.78 is 0. The molecule has 82 valence electrons. The second-order valence-corrected chi connectivity index (χ2v) is 3.36. The lowest BCUT2D eigenvalue weighted by molar-refractivity contribution is 0.0953. The third kappa shape index (κ3) is 3.62. The van der Waals surface area contributed by atoms with Crippen LogP contribution >= 0.6 is 0 Å². The zero-order valence-electron chi connectivity index (χ0n) is 9.34. The third-order valence-corrected chi connectivity index (χ3v) is 2.06. The quantitative estimate of drug-likeness (QED) is 0.776. The van der Waals surface area contributed by atoms with Crippen LogP contribution < -0.4 is 10.6 Å². The molecule has 0 aromatic heterocycles. The van der Waals surface area contributed by atoms with Gasteiger partial charge in [0.25, 0.3) is 5.91 Å². The fourth-order valence-electron chi connectivity index (χ4n) is 1.28. The van der Waals surface area contributed by atoms with E-state index in [9.17, 15) is 4.79 Å².